The highest BCUT2D eigenvalue weighted by Crippen LogP contribution is 2.62. The van der Waals surface area contributed by atoms with Gasteiger partial charge in [0.15, 0.2) is 0 Å². The number of fused-ring (bicyclic) bond motifs is 4. The van der Waals surface area contributed by atoms with Gasteiger partial charge < -0.3 is 19.5 Å². The molecule has 1 amide bonds. The van der Waals surface area contributed by atoms with E-state index in [1.54, 1.807) is 54.7 Å². The summed E-state index contributed by atoms with van der Waals surface area (Å²) in [5.74, 6) is -3.83. The first-order valence-corrected chi connectivity index (χ1v) is 12.6. The first-order valence-electron chi connectivity index (χ1n) is 12.6. The van der Waals surface area contributed by atoms with E-state index in [1.165, 1.54) is 13.8 Å². The number of ether oxygens (including phenoxy) is 3. The Bertz CT molecular complexity index is 1460. The van der Waals surface area contributed by atoms with Crippen molar-refractivity contribution in [2.45, 2.75) is 37.6 Å². The van der Waals surface area contributed by atoms with Crippen molar-refractivity contribution in [3.05, 3.63) is 95.6 Å². The van der Waals surface area contributed by atoms with Gasteiger partial charge in [-0.15, -0.1) is 0 Å². The number of hydrogen-bond acceptors (Lipinski definition) is 8. The number of esters is 2. The number of cyclic esters (lactones) is 2. The second-order valence-electron chi connectivity index (χ2n) is 10.3. The summed E-state index contributed by atoms with van der Waals surface area (Å²) in [5, 5.41) is 9.15. The predicted octanol–water partition coefficient (Wildman–Crippen LogP) is 4.01. The van der Waals surface area contributed by atoms with Crippen LogP contribution in [0.3, 0.4) is 0 Å². The Labute approximate surface area is 225 Å². The Morgan fingerprint density at radius 3 is 2.23 bits per heavy atom. The number of carbonyl (C=O) groups is 3. The molecule has 0 aliphatic carbocycles. The number of rotatable bonds is 4. The molecular weight excluding hydrogens is 498 g/mol. The smallest absolute Gasteiger partial charge is 0.330 e. The first kappa shape index (κ1) is 24.7. The lowest BCUT2D eigenvalue weighted by molar-refractivity contribution is -0.254. The molecule has 3 atom stereocenters. The van der Waals surface area contributed by atoms with Gasteiger partial charge in [-0.3, -0.25) is 19.4 Å². The van der Waals surface area contributed by atoms with Crippen LogP contribution in [0.4, 0.5) is 5.69 Å². The second kappa shape index (κ2) is 8.97. The molecule has 0 radical (unpaired) electrons. The van der Waals surface area contributed by atoms with Crippen molar-refractivity contribution in [1.82, 2.24) is 5.01 Å². The minimum atomic E-state index is -1.92. The molecule has 3 heterocycles. The summed E-state index contributed by atoms with van der Waals surface area (Å²) >= 11 is 0. The molecule has 198 valence electrons. The van der Waals surface area contributed by atoms with Crippen molar-refractivity contribution >= 4 is 29.7 Å². The van der Waals surface area contributed by atoms with E-state index < -0.39 is 47.0 Å². The van der Waals surface area contributed by atoms with Crippen LogP contribution in [0.5, 0.6) is 5.75 Å². The van der Waals surface area contributed by atoms with Gasteiger partial charge in [-0.25, -0.2) is 0 Å². The summed E-state index contributed by atoms with van der Waals surface area (Å²) in [7, 11) is 1.55. The average Bonchev–Trinajstić information content (AvgIpc) is 3.25. The zero-order chi connectivity index (χ0) is 27.4. The maximum Gasteiger partial charge on any atom is 0.330 e. The van der Waals surface area contributed by atoms with E-state index in [-0.39, 0.29) is 0 Å². The number of carbonyl (C=O) groups excluding carboxylic acids is 3. The van der Waals surface area contributed by atoms with Crippen LogP contribution in [0, 0.1) is 5.41 Å². The fraction of sp³-hybridized carbons (Fsp3) is 0.267. The summed E-state index contributed by atoms with van der Waals surface area (Å²) < 4.78 is 16.9. The fourth-order valence-corrected chi connectivity index (χ4v) is 5.94. The molecule has 0 bridgehead atoms. The third kappa shape index (κ3) is 3.76. The Hall–Kier alpha value is -4.66. The molecular formula is C30H27N3O6. The Kier molecular flexibility index (Phi) is 5.67. The van der Waals surface area contributed by atoms with E-state index in [2.05, 4.69) is 10.4 Å². The minimum absolute atomic E-state index is 0.425. The van der Waals surface area contributed by atoms with Crippen LogP contribution in [-0.4, -0.2) is 48.0 Å². The van der Waals surface area contributed by atoms with Gasteiger partial charge in [0, 0.05) is 25.5 Å². The van der Waals surface area contributed by atoms with Crippen LogP contribution in [0.2, 0.25) is 0 Å². The Balaban J connectivity index is 1.59. The molecule has 0 saturated carbocycles. The topological polar surface area (TPSA) is 107 Å². The number of nitrogens with zero attached hydrogens (tertiary/aromatic N) is 2. The molecule has 3 aromatic rings. The van der Waals surface area contributed by atoms with Gasteiger partial charge in [-0.1, -0.05) is 54.6 Å². The number of amides is 1. The van der Waals surface area contributed by atoms with Crippen LogP contribution >= 0.6 is 0 Å². The average molecular weight is 526 g/mol. The number of hydrazone groups is 1. The highest BCUT2D eigenvalue weighted by Gasteiger charge is 2.75. The molecule has 0 unspecified atom stereocenters. The van der Waals surface area contributed by atoms with Crippen LogP contribution in [-0.2, 0) is 23.9 Å². The molecule has 2 saturated heterocycles. The van der Waals surface area contributed by atoms with Crippen molar-refractivity contribution < 1.29 is 28.6 Å². The maximum atomic E-state index is 14.2. The largest absolute Gasteiger partial charge is 0.497 e. The van der Waals surface area contributed by atoms with Crippen LogP contribution in [0.25, 0.3) is 0 Å². The van der Waals surface area contributed by atoms with Gasteiger partial charge in [0.2, 0.25) is 11.3 Å². The maximum absolute atomic E-state index is 14.2. The first-order chi connectivity index (χ1) is 18.8. The highest BCUT2D eigenvalue weighted by molar-refractivity contribution is 6.08. The number of nitrogens with one attached hydrogen (secondary N) is 1. The molecule has 9 heteroatoms. The molecule has 9 nitrogen and oxygen atoms in total. The van der Waals surface area contributed by atoms with Crippen molar-refractivity contribution in [1.29, 1.82) is 0 Å². The van der Waals surface area contributed by atoms with E-state index in [1.807, 2.05) is 42.5 Å². The lowest BCUT2D eigenvalue weighted by atomic mass is 9.65. The van der Waals surface area contributed by atoms with E-state index >= 15 is 0 Å². The number of anilines is 1. The van der Waals surface area contributed by atoms with Gasteiger partial charge in [0.25, 0.3) is 5.79 Å². The molecule has 3 aliphatic heterocycles. The Morgan fingerprint density at radius 1 is 0.923 bits per heavy atom. The predicted molar refractivity (Wildman–Crippen MR) is 142 cm³/mol. The third-order valence-corrected chi connectivity index (χ3v) is 7.55. The summed E-state index contributed by atoms with van der Waals surface area (Å²) in [6.07, 6.45) is 1.64. The van der Waals surface area contributed by atoms with Gasteiger partial charge in [-0.05, 0) is 41.0 Å². The summed E-state index contributed by atoms with van der Waals surface area (Å²) in [5.41, 5.74) is 0.636. The van der Waals surface area contributed by atoms with Crippen molar-refractivity contribution in [3.63, 3.8) is 0 Å². The molecule has 1 spiro atoms. The zero-order valence-corrected chi connectivity index (χ0v) is 21.7. The van der Waals surface area contributed by atoms with Gasteiger partial charge in [0.05, 0.1) is 13.3 Å². The molecule has 39 heavy (non-hydrogen) atoms. The van der Waals surface area contributed by atoms with Crippen LogP contribution in [0.15, 0.2) is 84.0 Å². The Morgan fingerprint density at radius 2 is 1.56 bits per heavy atom. The summed E-state index contributed by atoms with van der Waals surface area (Å²) in [4.78, 5) is 42.5. The molecule has 2 fully saturated rings. The van der Waals surface area contributed by atoms with E-state index in [0.717, 1.165) is 5.56 Å². The molecule has 0 aromatic heterocycles. The quantitative estimate of drug-likeness (QED) is 0.405. The zero-order valence-electron chi connectivity index (χ0n) is 21.7. The molecule has 1 N–H and O–H groups in total. The third-order valence-electron chi connectivity index (χ3n) is 7.55. The van der Waals surface area contributed by atoms with Crippen LogP contribution in [0.1, 0.15) is 42.5 Å². The van der Waals surface area contributed by atoms with Crippen molar-refractivity contribution in [2.24, 2.45) is 10.5 Å². The summed E-state index contributed by atoms with van der Waals surface area (Å²) in [6, 6.07) is 21.3. The SMILES string of the molecule is COc1ccc([C@@H]2[C@@H](C(=O)Nc3ccccc3)N3N=Cc4ccccc4[C@H]3C23C(=O)OC(C)(C)OC3=O)cc1. The van der Waals surface area contributed by atoms with E-state index in [9.17, 15) is 14.4 Å². The molecule has 3 aliphatic rings. The fourth-order valence-electron chi connectivity index (χ4n) is 5.94. The highest BCUT2D eigenvalue weighted by atomic mass is 16.7. The number of hydrogen-bond donors (Lipinski definition) is 1. The number of benzene rings is 3. The molecule has 6 rings (SSSR count). The molecule has 3 aromatic carbocycles. The van der Waals surface area contributed by atoms with E-state index in [4.69, 9.17) is 14.2 Å². The van der Waals surface area contributed by atoms with Crippen molar-refractivity contribution in [3.8, 4) is 5.75 Å². The summed E-state index contributed by atoms with van der Waals surface area (Å²) in [6.45, 7) is 3.02. The standard InChI is InChI=1S/C30H27N3O6/c1-29(2)38-27(35)30(28(36)39-29)23(18-13-15-21(37-3)16-14-18)24(26(34)32-20-10-5-4-6-11-20)33-25(30)22-12-8-7-9-19(22)17-31-33/h4-17,23-25H,1-3H3,(H,32,34)/t23-,24+,25+/m1/s1. The van der Waals surface area contributed by atoms with Gasteiger partial charge in [-0.2, -0.15) is 5.10 Å². The number of methoxy groups -OCH3 is 1. The normalized spacial score (nSPS) is 23.9. The number of para-hydroxylation sites is 1. The second-order valence-corrected chi connectivity index (χ2v) is 10.3. The lowest BCUT2D eigenvalue weighted by Crippen LogP contribution is -2.58. The van der Waals surface area contributed by atoms with Crippen LogP contribution < -0.4 is 10.1 Å². The van der Waals surface area contributed by atoms with E-state index in [0.29, 0.717) is 22.6 Å². The van der Waals surface area contributed by atoms with Gasteiger partial charge in [0.1, 0.15) is 17.8 Å². The monoisotopic (exact) mass is 525 g/mol. The van der Waals surface area contributed by atoms with Gasteiger partial charge >= 0.3 is 11.9 Å². The van der Waals surface area contributed by atoms with Crippen molar-refractivity contribution in [2.75, 3.05) is 12.4 Å². The lowest BCUT2D eigenvalue weighted by Gasteiger charge is -2.44. The minimum Gasteiger partial charge on any atom is -0.497 e.